The number of benzene rings is 2. The molecule has 160 valence electrons. The molecule has 0 unspecified atom stereocenters. The van der Waals surface area contributed by atoms with E-state index in [0.717, 1.165) is 27.4 Å². The number of phenols is 1. The predicted molar refractivity (Wildman–Crippen MR) is 122 cm³/mol. The molecular weight excluding hydrogens is 416 g/mol. The summed E-state index contributed by atoms with van der Waals surface area (Å²) in [5.74, 6) is -0.0432. The van der Waals surface area contributed by atoms with Crippen LogP contribution in [0.1, 0.15) is 28.7 Å². The summed E-state index contributed by atoms with van der Waals surface area (Å²) in [4.78, 5) is 28.0. The molecule has 6 nitrogen and oxygen atoms in total. The van der Waals surface area contributed by atoms with Gasteiger partial charge in [0.25, 0.3) is 0 Å². The highest BCUT2D eigenvalue weighted by atomic mass is 35.5. The Bertz CT molecular complexity index is 1350. The van der Waals surface area contributed by atoms with Gasteiger partial charge in [0.15, 0.2) is 0 Å². The van der Waals surface area contributed by atoms with Crippen molar-refractivity contribution in [3.05, 3.63) is 74.2 Å². The minimum absolute atomic E-state index is 0.0830. The number of phenolic OH excluding ortho intramolecular Hbond substituents is 1. The summed E-state index contributed by atoms with van der Waals surface area (Å²) in [5, 5.41) is 15.2. The Balaban J connectivity index is 1.39. The first-order valence-corrected chi connectivity index (χ1v) is 10.5. The number of hydrogen-bond donors (Lipinski definition) is 3. The summed E-state index contributed by atoms with van der Waals surface area (Å²) in [6, 6.07) is 8.99. The van der Waals surface area contributed by atoms with Gasteiger partial charge in [-0.1, -0.05) is 11.6 Å². The molecule has 31 heavy (non-hydrogen) atoms. The van der Waals surface area contributed by atoms with E-state index in [-0.39, 0.29) is 18.1 Å². The van der Waals surface area contributed by atoms with E-state index in [2.05, 4.69) is 10.3 Å². The minimum atomic E-state index is -0.470. The highest BCUT2D eigenvalue weighted by molar-refractivity contribution is 6.31. The standard InChI is InChI=1S/C24H23ClN2O4/c1-13-17-4-7-21(28)14(2)23(17)31-24(30)18(13)5-8-22(29)26-10-9-15-12-27-20-6-3-16(25)11-19(15)20/h3-4,6-7,11-12,27-28H,5,8-10H2,1-2H3,(H,26,29). The molecule has 2 aromatic heterocycles. The maximum absolute atomic E-state index is 12.5. The SMILES string of the molecule is Cc1c(CCC(=O)NCCc2c[nH]c3ccc(Cl)cc23)c(=O)oc2c(C)c(O)ccc12. The monoisotopic (exact) mass is 438 g/mol. The van der Waals surface area contributed by atoms with Crippen LogP contribution in [0.25, 0.3) is 21.9 Å². The maximum atomic E-state index is 12.5. The molecule has 0 bridgehead atoms. The maximum Gasteiger partial charge on any atom is 0.339 e. The topological polar surface area (TPSA) is 95.3 Å². The van der Waals surface area contributed by atoms with Crippen molar-refractivity contribution in [1.29, 1.82) is 0 Å². The number of fused-ring (bicyclic) bond motifs is 2. The van der Waals surface area contributed by atoms with Gasteiger partial charge >= 0.3 is 5.63 Å². The fourth-order valence-electron chi connectivity index (χ4n) is 3.89. The number of nitrogens with one attached hydrogen (secondary N) is 2. The number of carbonyl (C=O) groups excluding carboxylic acids is 1. The van der Waals surface area contributed by atoms with Crippen LogP contribution < -0.4 is 10.9 Å². The van der Waals surface area contributed by atoms with Crippen LogP contribution in [-0.4, -0.2) is 22.5 Å². The van der Waals surface area contributed by atoms with Gasteiger partial charge in [-0.05, 0) is 68.1 Å². The third kappa shape index (κ3) is 4.16. The van der Waals surface area contributed by atoms with Crippen LogP contribution in [0.4, 0.5) is 0 Å². The number of aromatic nitrogens is 1. The van der Waals surface area contributed by atoms with Crippen molar-refractivity contribution in [2.45, 2.75) is 33.1 Å². The highest BCUT2D eigenvalue weighted by Crippen LogP contribution is 2.28. The van der Waals surface area contributed by atoms with Crippen molar-refractivity contribution in [3.63, 3.8) is 0 Å². The van der Waals surface area contributed by atoms with Gasteiger partial charge in [-0.2, -0.15) is 0 Å². The minimum Gasteiger partial charge on any atom is -0.508 e. The van der Waals surface area contributed by atoms with Gasteiger partial charge in [-0.3, -0.25) is 4.79 Å². The summed E-state index contributed by atoms with van der Waals surface area (Å²) in [6.45, 7) is 4.03. The molecule has 0 aliphatic carbocycles. The third-order valence-corrected chi connectivity index (χ3v) is 5.96. The van der Waals surface area contributed by atoms with Gasteiger partial charge in [0.2, 0.25) is 5.91 Å². The van der Waals surface area contributed by atoms with Crippen LogP contribution in [0.3, 0.4) is 0 Å². The number of rotatable bonds is 6. The Morgan fingerprint density at radius 2 is 1.94 bits per heavy atom. The van der Waals surface area contributed by atoms with Crippen LogP contribution in [-0.2, 0) is 17.6 Å². The molecule has 0 atom stereocenters. The zero-order valence-electron chi connectivity index (χ0n) is 17.3. The number of H-pyrrole nitrogens is 1. The normalized spacial score (nSPS) is 11.3. The fraction of sp³-hybridized carbons (Fsp3) is 0.250. The van der Waals surface area contributed by atoms with E-state index in [4.69, 9.17) is 16.0 Å². The lowest BCUT2D eigenvalue weighted by Gasteiger charge is -2.10. The van der Waals surface area contributed by atoms with Crippen molar-refractivity contribution in [3.8, 4) is 5.75 Å². The zero-order valence-corrected chi connectivity index (χ0v) is 18.1. The zero-order chi connectivity index (χ0) is 22.1. The van der Waals surface area contributed by atoms with Gasteiger partial charge in [-0.15, -0.1) is 0 Å². The van der Waals surface area contributed by atoms with Crippen LogP contribution >= 0.6 is 11.6 Å². The van der Waals surface area contributed by atoms with E-state index in [9.17, 15) is 14.7 Å². The Morgan fingerprint density at radius 3 is 2.74 bits per heavy atom. The summed E-state index contributed by atoms with van der Waals surface area (Å²) in [7, 11) is 0. The molecule has 7 heteroatoms. The molecule has 3 N–H and O–H groups in total. The van der Waals surface area contributed by atoms with Crippen molar-refractivity contribution in [2.24, 2.45) is 0 Å². The summed E-state index contributed by atoms with van der Waals surface area (Å²) in [5.41, 5.74) is 3.80. The quantitative estimate of drug-likeness (QED) is 0.385. The molecule has 2 heterocycles. The Labute approximate surface area is 183 Å². The van der Waals surface area contributed by atoms with Gasteiger partial charge in [-0.25, -0.2) is 4.79 Å². The molecule has 4 aromatic rings. The van der Waals surface area contributed by atoms with Gasteiger partial charge in [0.1, 0.15) is 11.3 Å². The molecule has 0 spiro atoms. The fourth-order valence-corrected chi connectivity index (χ4v) is 4.06. The molecule has 0 radical (unpaired) electrons. The number of carbonyl (C=O) groups is 1. The first kappa shape index (κ1) is 21.0. The number of aryl methyl sites for hydroxylation is 2. The molecule has 0 saturated carbocycles. The average molecular weight is 439 g/mol. The second-order valence-corrected chi connectivity index (χ2v) is 8.12. The highest BCUT2D eigenvalue weighted by Gasteiger charge is 2.15. The largest absolute Gasteiger partial charge is 0.508 e. The van der Waals surface area contributed by atoms with E-state index in [1.54, 1.807) is 19.1 Å². The number of aromatic hydroxyl groups is 1. The van der Waals surface area contributed by atoms with Crippen molar-refractivity contribution < 1.29 is 14.3 Å². The van der Waals surface area contributed by atoms with Crippen molar-refractivity contribution in [2.75, 3.05) is 6.54 Å². The molecular formula is C24H23ClN2O4. The third-order valence-electron chi connectivity index (χ3n) is 5.72. The Hall–Kier alpha value is -3.25. The summed E-state index contributed by atoms with van der Waals surface area (Å²) in [6.07, 6.45) is 3.08. The van der Waals surface area contributed by atoms with Crippen molar-refractivity contribution in [1.82, 2.24) is 10.3 Å². The number of hydrogen-bond acceptors (Lipinski definition) is 4. The summed E-state index contributed by atoms with van der Waals surface area (Å²) < 4.78 is 5.44. The number of halogens is 1. The molecule has 0 fully saturated rings. The van der Waals surface area contributed by atoms with Gasteiger partial charge in [0, 0.05) is 51.6 Å². The first-order valence-electron chi connectivity index (χ1n) is 10.1. The van der Waals surface area contributed by atoms with Crippen molar-refractivity contribution >= 4 is 39.4 Å². The van der Waals surface area contributed by atoms with Gasteiger partial charge in [0.05, 0.1) is 0 Å². The van der Waals surface area contributed by atoms with E-state index in [1.165, 1.54) is 0 Å². The Morgan fingerprint density at radius 1 is 1.13 bits per heavy atom. The molecule has 0 aliphatic heterocycles. The van der Waals surface area contributed by atoms with Crippen LogP contribution in [0.15, 0.2) is 45.7 Å². The molecule has 0 aliphatic rings. The molecule has 0 saturated heterocycles. The van der Waals surface area contributed by atoms with Gasteiger partial charge < -0.3 is 19.8 Å². The van der Waals surface area contributed by atoms with Crippen LogP contribution in [0.2, 0.25) is 5.02 Å². The number of aromatic amines is 1. The lowest BCUT2D eigenvalue weighted by Crippen LogP contribution is -2.26. The summed E-state index contributed by atoms with van der Waals surface area (Å²) >= 11 is 6.08. The van der Waals surface area contributed by atoms with E-state index < -0.39 is 5.63 Å². The molecule has 1 amide bonds. The molecule has 4 rings (SSSR count). The number of amides is 1. The molecule has 2 aromatic carbocycles. The lowest BCUT2D eigenvalue weighted by atomic mass is 10.0. The second-order valence-electron chi connectivity index (χ2n) is 7.68. The van der Waals surface area contributed by atoms with Crippen LogP contribution in [0, 0.1) is 13.8 Å². The Kier molecular flexibility index (Phi) is 5.74. The average Bonchev–Trinajstić information content (AvgIpc) is 3.13. The van der Waals surface area contributed by atoms with E-state index in [1.807, 2.05) is 31.3 Å². The first-order chi connectivity index (χ1) is 14.8. The van der Waals surface area contributed by atoms with E-state index in [0.29, 0.717) is 41.1 Å². The van der Waals surface area contributed by atoms with Crippen LogP contribution in [0.5, 0.6) is 5.75 Å². The lowest BCUT2D eigenvalue weighted by molar-refractivity contribution is -0.121. The second kappa shape index (κ2) is 8.47. The predicted octanol–water partition coefficient (Wildman–Crippen LogP) is 4.54. The van der Waals surface area contributed by atoms with E-state index >= 15 is 0 Å². The smallest absolute Gasteiger partial charge is 0.339 e.